The molecule has 1 aromatic heterocycles. The SMILES string of the molecule is CNc1ncnc(Nc2ccc(C)c(Br)c2)c1C(C)C. The molecule has 0 saturated carbocycles. The Kier molecular flexibility index (Phi) is 4.60. The predicted octanol–water partition coefficient (Wildman–Crippen LogP) is 4.46. The minimum atomic E-state index is 0.329. The second kappa shape index (κ2) is 6.22. The van der Waals surface area contributed by atoms with Gasteiger partial charge in [0.15, 0.2) is 0 Å². The molecule has 0 aliphatic rings. The first kappa shape index (κ1) is 14.8. The number of hydrogen-bond acceptors (Lipinski definition) is 4. The van der Waals surface area contributed by atoms with E-state index < -0.39 is 0 Å². The quantitative estimate of drug-likeness (QED) is 0.866. The Morgan fingerprint density at radius 1 is 1.15 bits per heavy atom. The molecule has 2 aromatic rings. The number of nitrogens with one attached hydrogen (secondary N) is 2. The largest absolute Gasteiger partial charge is 0.373 e. The van der Waals surface area contributed by atoms with Gasteiger partial charge >= 0.3 is 0 Å². The highest BCUT2D eigenvalue weighted by atomic mass is 79.9. The molecular weight excluding hydrogens is 316 g/mol. The second-order valence-corrected chi connectivity index (χ2v) is 5.83. The molecule has 20 heavy (non-hydrogen) atoms. The summed E-state index contributed by atoms with van der Waals surface area (Å²) >= 11 is 3.55. The number of rotatable bonds is 4. The summed E-state index contributed by atoms with van der Waals surface area (Å²) in [6, 6.07) is 6.17. The van der Waals surface area contributed by atoms with Crippen molar-refractivity contribution in [2.75, 3.05) is 17.7 Å². The van der Waals surface area contributed by atoms with Crippen LogP contribution in [0.2, 0.25) is 0 Å². The summed E-state index contributed by atoms with van der Waals surface area (Å²) in [5.41, 5.74) is 3.30. The van der Waals surface area contributed by atoms with E-state index in [1.807, 2.05) is 13.1 Å². The van der Waals surface area contributed by atoms with Crippen molar-refractivity contribution in [2.24, 2.45) is 0 Å². The topological polar surface area (TPSA) is 49.8 Å². The molecule has 0 aliphatic carbocycles. The Labute approximate surface area is 128 Å². The van der Waals surface area contributed by atoms with Gasteiger partial charge in [-0.15, -0.1) is 0 Å². The van der Waals surface area contributed by atoms with Crippen LogP contribution in [0.4, 0.5) is 17.3 Å². The van der Waals surface area contributed by atoms with Gasteiger partial charge in [-0.05, 0) is 30.5 Å². The van der Waals surface area contributed by atoms with Gasteiger partial charge in [0.1, 0.15) is 18.0 Å². The number of hydrogen-bond donors (Lipinski definition) is 2. The lowest BCUT2D eigenvalue weighted by molar-refractivity contribution is 0.852. The highest BCUT2D eigenvalue weighted by molar-refractivity contribution is 9.10. The van der Waals surface area contributed by atoms with Crippen molar-refractivity contribution < 1.29 is 0 Å². The first-order chi connectivity index (χ1) is 9.52. The van der Waals surface area contributed by atoms with E-state index in [0.29, 0.717) is 5.92 Å². The molecule has 0 spiro atoms. The Morgan fingerprint density at radius 2 is 1.85 bits per heavy atom. The van der Waals surface area contributed by atoms with E-state index in [-0.39, 0.29) is 0 Å². The number of anilines is 3. The van der Waals surface area contributed by atoms with Crippen LogP contribution in [0.25, 0.3) is 0 Å². The Bertz CT molecular complexity index is 611. The highest BCUT2D eigenvalue weighted by Gasteiger charge is 2.14. The fourth-order valence-corrected chi connectivity index (χ4v) is 2.43. The number of aryl methyl sites for hydroxylation is 1. The first-order valence-corrected chi connectivity index (χ1v) is 7.38. The molecule has 0 radical (unpaired) electrons. The number of halogens is 1. The molecule has 0 atom stereocenters. The average molecular weight is 335 g/mol. The first-order valence-electron chi connectivity index (χ1n) is 6.58. The van der Waals surface area contributed by atoms with Gasteiger partial charge in [0, 0.05) is 22.8 Å². The normalized spacial score (nSPS) is 10.7. The number of aromatic nitrogens is 2. The summed E-state index contributed by atoms with van der Waals surface area (Å²) in [7, 11) is 1.88. The maximum absolute atomic E-state index is 4.38. The van der Waals surface area contributed by atoms with Gasteiger partial charge < -0.3 is 10.6 Å². The third-order valence-corrected chi connectivity index (χ3v) is 3.99. The maximum atomic E-state index is 4.38. The van der Waals surface area contributed by atoms with Crippen molar-refractivity contribution in [1.29, 1.82) is 0 Å². The molecule has 106 valence electrons. The Balaban J connectivity index is 2.40. The number of nitrogens with zero attached hydrogens (tertiary/aromatic N) is 2. The van der Waals surface area contributed by atoms with Crippen molar-refractivity contribution in [1.82, 2.24) is 9.97 Å². The van der Waals surface area contributed by atoms with Gasteiger partial charge in [0.25, 0.3) is 0 Å². The lowest BCUT2D eigenvalue weighted by Crippen LogP contribution is -2.06. The molecule has 0 aliphatic heterocycles. The number of benzene rings is 1. The molecule has 4 nitrogen and oxygen atoms in total. The fraction of sp³-hybridized carbons (Fsp3) is 0.333. The van der Waals surface area contributed by atoms with E-state index in [0.717, 1.165) is 27.4 Å². The lowest BCUT2D eigenvalue weighted by Gasteiger charge is -2.17. The van der Waals surface area contributed by atoms with Crippen LogP contribution in [0, 0.1) is 6.92 Å². The summed E-state index contributed by atoms with van der Waals surface area (Å²) < 4.78 is 1.08. The summed E-state index contributed by atoms with van der Waals surface area (Å²) in [6.07, 6.45) is 1.57. The average Bonchev–Trinajstić information content (AvgIpc) is 2.42. The van der Waals surface area contributed by atoms with Crippen LogP contribution in [0.3, 0.4) is 0 Å². The molecule has 0 amide bonds. The van der Waals surface area contributed by atoms with Crippen LogP contribution in [0.15, 0.2) is 29.0 Å². The molecule has 0 unspecified atom stereocenters. The van der Waals surface area contributed by atoms with Crippen LogP contribution in [0.5, 0.6) is 0 Å². The van der Waals surface area contributed by atoms with Gasteiger partial charge in [-0.25, -0.2) is 9.97 Å². The fourth-order valence-electron chi connectivity index (χ4n) is 2.05. The monoisotopic (exact) mass is 334 g/mol. The highest BCUT2D eigenvalue weighted by Crippen LogP contribution is 2.31. The summed E-state index contributed by atoms with van der Waals surface area (Å²) in [5.74, 6) is 2.04. The molecule has 1 aromatic carbocycles. The zero-order valence-electron chi connectivity index (χ0n) is 12.2. The molecule has 1 heterocycles. The van der Waals surface area contributed by atoms with Gasteiger partial charge in [0.05, 0.1) is 0 Å². The Morgan fingerprint density at radius 3 is 2.45 bits per heavy atom. The predicted molar refractivity (Wildman–Crippen MR) is 87.8 cm³/mol. The molecular formula is C15H19BrN4. The van der Waals surface area contributed by atoms with Crippen LogP contribution in [-0.2, 0) is 0 Å². The standard InChI is InChI=1S/C15H19BrN4/c1-9(2)13-14(17-4)18-8-19-15(13)20-11-6-5-10(3)12(16)7-11/h5-9H,1-4H3,(H2,17,18,19,20). The summed E-state index contributed by atoms with van der Waals surface area (Å²) in [5, 5.41) is 6.50. The second-order valence-electron chi connectivity index (χ2n) is 4.98. The third kappa shape index (κ3) is 3.10. The van der Waals surface area contributed by atoms with Gasteiger partial charge in [-0.1, -0.05) is 35.8 Å². The van der Waals surface area contributed by atoms with Crippen molar-refractivity contribution in [3.05, 3.63) is 40.1 Å². The smallest absolute Gasteiger partial charge is 0.139 e. The van der Waals surface area contributed by atoms with Crippen LogP contribution in [0.1, 0.15) is 30.9 Å². The lowest BCUT2D eigenvalue weighted by atomic mass is 10.0. The van der Waals surface area contributed by atoms with Crippen LogP contribution < -0.4 is 10.6 Å². The zero-order chi connectivity index (χ0) is 14.7. The van der Waals surface area contributed by atoms with Crippen LogP contribution >= 0.6 is 15.9 Å². The third-order valence-electron chi connectivity index (χ3n) is 3.13. The van der Waals surface area contributed by atoms with Gasteiger partial charge in [-0.2, -0.15) is 0 Å². The molecule has 2 rings (SSSR count). The van der Waals surface area contributed by atoms with E-state index in [2.05, 4.69) is 69.4 Å². The van der Waals surface area contributed by atoms with Crippen molar-refractivity contribution in [3.63, 3.8) is 0 Å². The van der Waals surface area contributed by atoms with E-state index in [1.54, 1.807) is 6.33 Å². The minimum absolute atomic E-state index is 0.329. The van der Waals surface area contributed by atoms with Crippen molar-refractivity contribution in [2.45, 2.75) is 26.7 Å². The Hall–Kier alpha value is -1.62. The van der Waals surface area contributed by atoms with E-state index in [9.17, 15) is 0 Å². The van der Waals surface area contributed by atoms with Crippen molar-refractivity contribution in [3.8, 4) is 0 Å². The summed E-state index contributed by atoms with van der Waals surface area (Å²) in [6.45, 7) is 6.34. The van der Waals surface area contributed by atoms with E-state index >= 15 is 0 Å². The van der Waals surface area contributed by atoms with Gasteiger partial charge in [0.2, 0.25) is 0 Å². The molecule has 5 heteroatoms. The van der Waals surface area contributed by atoms with Crippen LogP contribution in [-0.4, -0.2) is 17.0 Å². The van der Waals surface area contributed by atoms with Gasteiger partial charge in [-0.3, -0.25) is 0 Å². The zero-order valence-corrected chi connectivity index (χ0v) is 13.7. The molecule has 2 N–H and O–H groups in total. The van der Waals surface area contributed by atoms with E-state index in [4.69, 9.17) is 0 Å². The molecule has 0 saturated heterocycles. The summed E-state index contributed by atoms with van der Waals surface area (Å²) in [4.78, 5) is 8.66. The molecule has 0 fully saturated rings. The van der Waals surface area contributed by atoms with Crippen molar-refractivity contribution >= 4 is 33.3 Å². The van der Waals surface area contributed by atoms with E-state index in [1.165, 1.54) is 5.56 Å². The minimum Gasteiger partial charge on any atom is -0.373 e. The maximum Gasteiger partial charge on any atom is 0.139 e. The molecule has 0 bridgehead atoms.